The van der Waals surface area contributed by atoms with Gasteiger partial charge in [-0.2, -0.15) is 0 Å². The van der Waals surface area contributed by atoms with Crippen LogP contribution in [0.1, 0.15) is 30.0 Å². The van der Waals surface area contributed by atoms with Gasteiger partial charge in [0.1, 0.15) is 17.5 Å². The van der Waals surface area contributed by atoms with E-state index in [1.807, 2.05) is 48.5 Å². The van der Waals surface area contributed by atoms with E-state index in [-0.39, 0.29) is 24.8 Å². The first-order valence-electron chi connectivity index (χ1n) is 9.66. The molecule has 1 aliphatic rings. The van der Waals surface area contributed by atoms with Crippen molar-refractivity contribution in [3.63, 3.8) is 0 Å². The fourth-order valence-electron chi connectivity index (χ4n) is 3.29. The lowest BCUT2D eigenvalue weighted by Gasteiger charge is -2.20. The van der Waals surface area contributed by atoms with Crippen LogP contribution in [0.2, 0.25) is 0 Å². The Bertz CT molecular complexity index is 896. The summed E-state index contributed by atoms with van der Waals surface area (Å²) >= 11 is 0. The zero-order chi connectivity index (χ0) is 21.5. The molecule has 0 spiro atoms. The van der Waals surface area contributed by atoms with Crippen molar-refractivity contribution >= 4 is 17.8 Å². The van der Waals surface area contributed by atoms with Crippen LogP contribution >= 0.6 is 0 Å². The van der Waals surface area contributed by atoms with Gasteiger partial charge in [0, 0.05) is 6.42 Å². The van der Waals surface area contributed by atoms with Crippen molar-refractivity contribution in [1.29, 1.82) is 0 Å². The second kappa shape index (κ2) is 9.78. The highest BCUT2D eigenvalue weighted by atomic mass is 16.5. The van der Waals surface area contributed by atoms with Crippen LogP contribution in [0.5, 0.6) is 11.5 Å². The summed E-state index contributed by atoms with van der Waals surface area (Å²) in [5.74, 6) is 0.896. The molecule has 1 fully saturated rings. The Morgan fingerprint density at radius 3 is 2.13 bits per heavy atom. The van der Waals surface area contributed by atoms with E-state index in [0.717, 1.165) is 22.6 Å². The first kappa shape index (κ1) is 21.2. The van der Waals surface area contributed by atoms with Gasteiger partial charge >= 0.3 is 6.03 Å². The third-order valence-corrected chi connectivity index (χ3v) is 4.97. The minimum Gasteiger partial charge on any atom is -0.497 e. The molecule has 8 heteroatoms. The Hall–Kier alpha value is -3.55. The summed E-state index contributed by atoms with van der Waals surface area (Å²) in [4.78, 5) is 35.4. The molecule has 2 aromatic carbocycles. The minimum absolute atomic E-state index is 0.119. The number of urea groups is 1. The molecular formula is C22H25N3O5. The molecule has 158 valence electrons. The van der Waals surface area contributed by atoms with Crippen LogP contribution in [0, 0.1) is 0 Å². The second-order valence-corrected chi connectivity index (χ2v) is 7.00. The Labute approximate surface area is 174 Å². The van der Waals surface area contributed by atoms with E-state index in [1.165, 1.54) is 0 Å². The summed E-state index contributed by atoms with van der Waals surface area (Å²) in [5, 5.41) is 7.71. The van der Waals surface area contributed by atoms with Crippen molar-refractivity contribution < 1.29 is 23.9 Å². The van der Waals surface area contributed by atoms with Crippen molar-refractivity contribution in [1.82, 2.24) is 16.0 Å². The van der Waals surface area contributed by atoms with Gasteiger partial charge in [-0.15, -0.1) is 0 Å². The molecule has 8 nitrogen and oxygen atoms in total. The lowest BCUT2D eigenvalue weighted by atomic mass is 9.98. The van der Waals surface area contributed by atoms with E-state index in [9.17, 15) is 14.4 Å². The lowest BCUT2D eigenvalue weighted by molar-refractivity contribution is -0.122. The van der Waals surface area contributed by atoms with Crippen LogP contribution in [0.3, 0.4) is 0 Å². The molecule has 0 aromatic heterocycles. The Morgan fingerprint density at radius 2 is 1.60 bits per heavy atom. The van der Waals surface area contributed by atoms with Crippen molar-refractivity contribution in [3.8, 4) is 11.5 Å². The highest BCUT2D eigenvalue weighted by Gasteiger charge is 2.29. The summed E-state index contributed by atoms with van der Waals surface area (Å²) in [6.07, 6.45) is 0.942. The molecule has 2 atom stereocenters. The van der Waals surface area contributed by atoms with Gasteiger partial charge in [-0.05, 0) is 48.2 Å². The number of methoxy groups -OCH3 is 2. The van der Waals surface area contributed by atoms with Gasteiger partial charge in [0.2, 0.25) is 5.91 Å². The van der Waals surface area contributed by atoms with Gasteiger partial charge in [0.05, 0.1) is 20.3 Å². The van der Waals surface area contributed by atoms with Gasteiger partial charge < -0.3 is 20.1 Å². The van der Waals surface area contributed by atoms with Crippen molar-refractivity contribution in [2.24, 2.45) is 0 Å². The van der Waals surface area contributed by atoms with Crippen molar-refractivity contribution in [2.75, 3.05) is 14.2 Å². The monoisotopic (exact) mass is 411 g/mol. The number of imide groups is 1. The van der Waals surface area contributed by atoms with Gasteiger partial charge in [0.15, 0.2) is 0 Å². The molecule has 0 bridgehead atoms. The molecule has 1 saturated heterocycles. The van der Waals surface area contributed by atoms with Gasteiger partial charge in [-0.1, -0.05) is 24.3 Å². The highest BCUT2D eigenvalue weighted by Crippen LogP contribution is 2.23. The van der Waals surface area contributed by atoms with Crippen LogP contribution in [0.15, 0.2) is 48.5 Å². The zero-order valence-electron chi connectivity index (χ0n) is 16.9. The fraction of sp³-hybridized carbons (Fsp3) is 0.318. The summed E-state index contributed by atoms with van der Waals surface area (Å²) in [5.41, 5.74) is 1.98. The number of carbonyl (C=O) groups excluding carboxylic acids is 3. The van der Waals surface area contributed by atoms with E-state index >= 15 is 0 Å². The quantitative estimate of drug-likeness (QED) is 0.548. The van der Waals surface area contributed by atoms with Crippen LogP contribution in [-0.4, -0.2) is 38.1 Å². The molecule has 2 aromatic rings. The molecule has 30 heavy (non-hydrogen) atoms. The lowest BCUT2D eigenvalue weighted by Crippen LogP contribution is -2.34. The number of benzene rings is 2. The Morgan fingerprint density at radius 1 is 1.00 bits per heavy atom. The number of amides is 4. The SMILES string of the molecule is COc1ccc(C[C@H](NC(=O)CC[C@H]2NC(=O)NC2=O)c2ccc(OC)cc2)cc1. The largest absolute Gasteiger partial charge is 0.497 e. The Kier molecular flexibility index (Phi) is 6.90. The fourth-order valence-corrected chi connectivity index (χ4v) is 3.29. The number of rotatable bonds is 9. The summed E-state index contributed by atoms with van der Waals surface area (Å²) in [6, 6.07) is 13.7. The number of hydrogen-bond acceptors (Lipinski definition) is 5. The smallest absolute Gasteiger partial charge is 0.322 e. The van der Waals surface area contributed by atoms with Crippen LogP contribution < -0.4 is 25.4 Å². The molecule has 0 radical (unpaired) electrons. The predicted molar refractivity (Wildman–Crippen MR) is 110 cm³/mol. The molecule has 4 amide bonds. The maximum atomic E-state index is 12.6. The first-order valence-corrected chi connectivity index (χ1v) is 9.66. The van der Waals surface area contributed by atoms with E-state index in [0.29, 0.717) is 6.42 Å². The average molecular weight is 411 g/mol. The highest BCUT2D eigenvalue weighted by molar-refractivity contribution is 6.04. The topological polar surface area (TPSA) is 106 Å². The van der Waals surface area contributed by atoms with E-state index in [2.05, 4.69) is 16.0 Å². The van der Waals surface area contributed by atoms with E-state index in [4.69, 9.17) is 9.47 Å². The minimum atomic E-state index is -0.677. The molecular weight excluding hydrogens is 386 g/mol. The molecule has 1 heterocycles. The van der Waals surface area contributed by atoms with Crippen molar-refractivity contribution in [2.45, 2.75) is 31.3 Å². The second-order valence-electron chi connectivity index (χ2n) is 7.00. The normalized spacial score (nSPS) is 16.4. The number of hydrogen-bond donors (Lipinski definition) is 3. The first-order chi connectivity index (χ1) is 14.5. The van der Waals surface area contributed by atoms with Crippen molar-refractivity contribution in [3.05, 3.63) is 59.7 Å². The average Bonchev–Trinajstić information content (AvgIpc) is 3.09. The van der Waals surface area contributed by atoms with Gasteiger partial charge in [-0.25, -0.2) is 4.79 Å². The van der Waals surface area contributed by atoms with Gasteiger partial charge in [-0.3, -0.25) is 14.9 Å². The maximum Gasteiger partial charge on any atom is 0.322 e. The number of nitrogens with one attached hydrogen (secondary N) is 3. The molecule has 0 saturated carbocycles. The summed E-state index contributed by atoms with van der Waals surface area (Å²) in [6.45, 7) is 0. The standard InChI is InChI=1S/C22H25N3O5/c1-29-16-7-3-14(4-8-16)13-19(15-5-9-17(30-2)10-6-15)23-20(26)12-11-18-21(27)25-22(28)24-18/h3-10,18-19H,11-13H2,1-2H3,(H,23,26)(H2,24,25,27,28)/t18-,19+/m1/s1. The molecule has 0 unspecified atom stereocenters. The van der Waals surface area contributed by atoms with Crippen LogP contribution in [0.25, 0.3) is 0 Å². The molecule has 0 aliphatic carbocycles. The predicted octanol–water partition coefficient (Wildman–Crippen LogP) is 2.09. The summed E-state index contributed by atoms with van der Waals surface area (Å²) in [7, 11) is 3.21. The number of carbonyl (C=O) groups is 3. The molecule has 1 aliphatic heterocycles. The van der Waals surface area contributed by atoms with Crippen LogP contribution in [0.4, 0.5) is 4.79 Å². The third-order valence-electron chi connectivity index (χ3n) is 4.97. The molecule has 3 rings (SSSR count). The Balaban J connectivity index is 1.68. The third kappa shape index (κ3) is 5.50. The van der Waals surface area contributed by atoms with Gasteiger partial charge in [0.25, 0.3) is 5.91 Å². The van der Waals surface area contributed by atoms with E-state index < -0.39 is 18.0 Å². The van der Waals surface area contributed by atoms with E-state index in [1.54, 1.807) is 14.2 Å². The zero-order valence-corrected chi connectivity index (χ0v) is 16.9. The summed E-state index contributed by atoms with van der Waals surface area (Å²) < 4.78 is 10.4. The molecule has 3 N–H and O–H groups in total. The van der Waals surface area contributed by atoms with Crippen LogP contribution in [-0.2, 0) is 16.0 Å². The maximum absolute atomic E-state index is 12.6. The number of ether oxygens (including phenoxy) is 2.